The van der Waals surface area contributed by atoms with Crippen LogP contribution in [-0.2, 0) is 19.4 Å². The number of rotatable bonds is 6. The van der Waals surface area contributed by atoms with Crippen molar-refractivity contribution < 1.29 is 23.1 Å². The molecule has 1 fully saturated rings. The van der Waals surface area contributed by atoms with E-state index in [1.807, 2.05) is 0 Å². The lowest BCUT2D eigenvalue weighted by Gasteiger charge is -2.12. The van der Waals surface area contributed by atoms with Gasteiger partial charge in [0.05, 0.1) is 16.8 Å². The summed E-state index contributed by atoms with van der Waals surface area (Å²) in [6.45, 7) is -0.198. The van der Waals surface area contributed by atoms with Crippen LogP contribution < -0.4 is 0 Å². The van der Waals surface area contributed by atoms with Crippen LogP contribution in [0.3, 0.4) is 0 Å². The first kappa shape index (κ1) is 17.9. The molecular weight excluding hydrogens is 364 g/mol. The molecule has 0 aliphatic heterocycles. The second-order valence-electron chi connectivity index (χ2n) is 6.09. The summed E-state index contributed by atoms with van der Waals surface area (Å²) in [6, 6.07) is 14.5. The molecule has 25 heavy (non-hydrogen) atoms. The number of hydrogen-bond donors (Lipinski definition) is 1. The largest absolute Gasteiger partial charge is 0.481 e. The molecule has 5 nitrogen and oxygen atoms in total. The van der Waals surface area contributed by atoms with Gasteiger partial charge in [-0.3, -0.25) is 4.79 Å². The van der Waals surface area contributed by atoms with Crippen LogP contribution in [0.2, 0.25) is 5.02 Å². The number of aliphatic carboxylic acids is 1. The Kier molecular flexibility index (Phi) is 4.62. The number of methoxy groups -OCH3 is 1. The fraction of sp³-hybridized carbons (Fsp3) is 0.278. The van der Waals surface area contributed by atoms with E-state index < -0.39 is 32.4 Å². The summed E-state index contributed by atoms with van der Waals surface area (Å²) in [5, 5.41) is 9.15. The second-order valence-corrected chi connectivity index (χ2v) is 8.60. The smallest absolute Gasteiger partial charge is 0.314 e. The molecule has 1 N–H and O–H groups in total. The standard InChI is InChI=1S/C18H17ClO5S/c1-24-11-18(17(20)21)15(12-6-5-7-13(19)10-12)16(18)25(22,23)14-8-3-2-4-9-14/h2-10,15-16H,11H2,1H3,(H,20,21)/t15-,16+,18-/m1/s1. The molecule has 132 valence electrons. The quantitative estimate of drug-likeness (QED) is 0.833. The minimum Gasteiger partial charge on any atom is -0.481 e. The molecule has 0 bridgehead atoms. The SMILES string of the molecule is COC[C@@]1(C(=O)O)[C@H](c2cccc(Cl)c2)[C@@H]1S(=O)(=O)c1ccccc1. The molecule has 0 radical (unpaired) electrons. The van der Waals surface area contributed by atoms with E-state index in [1.54, 1.807) is 42.5 Å². The Morgan fingerprint density at radius 2 is 1.88 bits per heavy atom. The monoisotopic (exact) mass is 380 g/mol. The van der Waals surface area contributed by atoms with Crippen molar-refractivity contribution >= 4 is 27.4 Å². The molecule has 0 aromatic heterocycles. The van der Waals surface area contributed by atoms with E-state index in [9.17, 15) is 18.3 Å². The van der Waals surface area contributed by atoms with Crippen LogP contribution in [0, 0.1) is 5.41 Å². The lowest BCUT2D eigenvalue weighted by Crippen LogP contribution is -2.28. The van der Waals surface area contributed by atoms with E-state index in [4.69, 9.17) is 16.3 Å². The van der Waals surface area contributed by atoms with Gasteiger partial charge in [0.1, 0.15) is 5.41 Å². The first-order chi connectivity index (χ1) is 11.9. The molecule has 7 heteroatoms. The molecular formula is C18H17ClO5S. The van der Waals surface area contributed by atoms with E-state index in [-0.39, 0.29) is 11.5 Å². The Hall–Kier alpha value is -1.89. The van der Waals surface area contributed by atoms with Crippen molar-refractivity contribution in [1.82, 2.24) is 0 Å². The second kappa shape index (κ2) is 6.44. The van der Waals surface area contributed by atoms with Crippen LogP contribution in [0.15, 0.2) is 59.5 Å². The molecule has 3 atom stereocenters. The molecule has 0 amide bonds. The third-order valence-corrected chi connectivity index (χ3v) is 7.18. The molecule has 1 aliphatic rings. The number of halogens is 1. The van der Waals surface area contributed by atoms with Gasteiger partial charge in [0.15, 0.2) is 9.84 Å². The van der Waals surface area contributed by atoms with Crippen LogP contribution in [0.25, 0.3) is 0 Å². The highest BCUT2D eigenvalue weighted by Gasteiger charge is 2.76. The van der Waals surface area contributed by atoms with E-state index in [1.165, 1.54) is 19.2 Å². The van der Waals surface area contributed by atoms with E-state index in [0.29, 0.717) is 10.6 Å². The third-order valence-electron chi connectivity index (χ3n) is 4.65. The van der Waals surface area contributed by atoms with Gasteiger partial charge in [-0.15, -0.1) is 0 Å². The highest BCUT2D eigenvalue weighted by atomic mass is 35.5. The molecule has 0 saturated heterocycles. The van der Waals surface area contributed by atoms with Gasteiger partial charge in [-0.2, -0.15) is 0 Å². The Morgan fingerprint density at radius 3 is 2.44 bits per heavy atom. The van der Waals surface area contributed by atoms with E-state index in [2.05, 4.69) is 0 Å². The van der Waals surface area contributed by atoms with Gasteiger partial charge in [-0.1, -0.05) is 41.9 Å². The van der Waals surface area contributed by atoms with E-state index >= 15 is 0 Å². The number of carboxylic acid groups (broad SMARTS) is 1. The van der Waals surface area contributed by atoms with Crippen LogP contribution in [0.5, 0.6) is 0 Å². The van der Waals surface area contributed by atoms with Crippen LogP contribution in [0.4, 0.5) is 0 Å². The van der Waals surface area contributed by atoms with Crippen molar-refractivity contribution in [1.29, 1.82) is 0 Å². The van der Waals surface area contributed by atoms with E-state index in [0.717, 1.165) is 0 Å². The molecule has 3 rings (SSSR count). The molecule has 1 saturated carbocycles. The minimum atomic E-state index is -3.85. The average molecular weight is 381 g/mol. The summed E-state index contributed by atoms with van der Waals surface area (Å²) in [5.74, 6) is -1.92. The maximum atomic E-state index is 13.1. The molecule has 0 unspecified atom stereocenters. The van der Waals surface area contributed by atoms with Gasteiger partial charge in [0.25, 0.3) is 0 Å². The lowest BCUT2D eigenvalue weighted by molar-refractivity contribution is -0.145. The lowest BCUT2D eigenvalue weighted by atomic mass is 10.00. The van der Waals surface area contributed by atoms with Crippen LogP contribution in [-0.4, -0.2) is 38.5 Å². The zero-order valence-electron chi connectivity index (χ0n) is 13.4. The van der Waals surface area contributed by atoms with Gasteiger partial charge in [0, 0.05) is 18.1 Å². The molecule has 0 spiro atoms. The first-order valence-corrected chi connectivity index (χ1v) is 9.55. The van der Waals surface area contributed by atoms with Crippen molar-refractivity contribution in [3.05, 3.63) is 65.2 Å². The molecule has 1 aliphatic carbocycles. The maximum absolute atomic E-state index is 13.1. The highest BCUT2D eigenvalue weighted by Crippen LogP contribution is 2.64. The van der Waals surface area contributed by atoms with Crippen LogP contribution >= 0.6 is 11.6 Å². The fourth-order valence-electron chi connectivity index (χ4n) is 3.52. The predicted octanol–water partition coefficient (Wildman–Crippen LogP) is 3.00. The number of hydrogen-bond acceptors (Lipinski definition) is 4. The molecule has 2 aromatic rings. The Morgan fingerprint density at radius 1 is 1.20 bits per heavy atom. The maximum Gasteiger partial charge on any atom is 0.314 e. The van der Waals surface area contributed by atoms with Crippen molar-refractivity contribution in [2.75, 3.05) is 13.7 Å². The van der Waals surface area contributed by atoms with Crippen molar-refractivity contribution in [2.24, 2.45) is 5.41 Å². The summed E-state index contributed by atoms with van der Waals surface area (Å²) in [5.41, 5.74) is -0.954. The van der Waals surface area contributed by atoms with Crippen LogP contribution in [0.1, 0.15) is 11.5 Å². The molecule has 0 heterocycles. The summed E-state index contributed by atoms with van der Waals surface area (Å²) in [7, 11) is -2.49. The fourth-order valence-corrected chi connectivity index (χ4v) is 6.09. The Labute approximate surface area is 151 Å². The topological polar surface area (TPSA) is 80.7 Å². The summed E-state index contributed by atoms with van der Waals surface area (Å²) >= 11 is 6.02. The Balaban J connectivity index is 2.14. The van der Waals surface area contributed by atoms with Gasteiger partial charge in [-0.25, -0.2) is 8.42 Å². The zero-order chi connectivity index (χ0) is 18.2. The normalized spacial score (nSPS) is 25.5. The number of carboxylic acids is 1. The van der Waals surface area contributed by atoms with Crippen molar-refractivity contribution in [3.63, 3.8) is 0 Å². The number of ether oxygens (including phenoxy) is 1. The van der Waals surface area contributed by atoms with Gasteiger partial charge >= 0.3 is 5.97 Å². The summed E-state index contributed by atoms with van der Waals surface area (Å²) in [6.07, 6.45) is 0. The third kappa shape index (κ3) is 2.84. The van der Waals surface area contributed by atoms with Crippen molar-refractivity contribution in [3.8, 4) is 0 Å². The highest BCUT2D eigenvalue weighted by molar-refractivity contribution is 7.92. The van der Waals surface area contributed by atoms with Gasteiger partial charge in [-0.05, 0) is 29.8 Å². The summed E-state index contributed by atoms with van der Waals surface area (Å²) < 4.78 is 31.3. The zero-order valence-corrected chi connectivity index (χ0v) is 15.0. The van der Waals surface area contributed by atoms with Crippen molar-refractivity contribution in [2.45, 2.75) is 16.1 Å². The first-order valence-electron chi connectivity index (χ1n) is 7.62. The van der Waals surface area contributed by atoms with Gasteiger partial charge < -0.3 is 9.84 Å². The minimum absolute atomic E-state index is 0.103. The number of benzene rings is 2. The molecule has 2 aromatic carbocycles. The summed E-state index contributed by atoms with van der Waals surface area (Å²) in [4.78, 5) is 12.2. The van der Waals surface area contributed by atoms with Gasteiger partial charge in [0.2, 0.25) is 0 Å². The Bertz CT molecular complexity index is 897. The number of sulfone groups is 1. The average Bonchev–Trinajstić information content (AvgIpc) is 3.27. The predicted molar refractivity (Wildman–Crippen MR) is 93.6 cm³/mol. The number of carbonyl (C=O) groups is 1.